The van der Waals surface area contributed by atoms with Crippen molar-refractivity contribution in [2.75, 3.05) is 18.4 Å². The summed E-state index contributed by atoms with van der Waals surface area (Å²) in [6, 6.07) is 18.4. The van der Waals surface area contributed by atoms with Crippen molar-refractivity contribution in [2.45, 2.75) is 32.9 Å². The lowest BCUT2D eigenvalue weighted by Gasteiger charge is -2.35. The van der Waals surface area contributed by atoms with Gasteiger partial charge in [0.15, 0.2) is 0 Å². The van der Waals surface area contributed by atoms with Crippen molar-refractivity contribution in [1.82, 2.24) is 10.2 Å². The van der Waals surface area contributed by atoms with Crippen molar-refractivity contribution in [2.24, 2.45) is 0 Å². The highest BCUT2D eigenvalue weighted by molar-refractivity contribution is 7.10. The molecule has 1 aliphatic heterocycles. The number of carbonyl (C=O) groups is 2. The normalized spacial score (nSPS) is 14.5. The molecule has 1 unspecified atom stereocenters. The van der Waals surface area contributed by atoms with Gasteiger partial charge < -0.3 is 10.6 Å². The van der Waals surface area contributed by atoms with Gasteiger partial charge in [0.05, 0.1) is 6.04 Å². The van der Waals surface area contributed by atoms with Crippen LogP contribution in [0.2, 0.25) is 0 Å². The molecule has 2 heterocycles. The molecule has 1 aliphatic rings. The van der Waals surface area contributed by atoms with Crippen LogP contribution in [0.15, 0.2) is 60.0 Å². The molecule has 2 aromatic carbocycles. The van der Waals surface area contributed by atoms with Crippen molar-refractivity contribution in [1.29, 1.82) is 0 Å². The van der Waals surface area contributed by atoms with E-state index in [1.54, 1.807) is 11.3 Å². The molecule has 0 bridgehead atoms. The van der Waals surface area contributed by atoms with E-state index in [4.69, 9.17) is 0 Å². The predicted octanol–water partition coefficient (Wildman–Crippen LogP) is 4.22. The molecule has 1 atom stereocenters. The fraction of sp³-hybridized carbons (Fsp3) is 0.280. The van der Waals surface area contributed by atoms with Crippen molar-refractivity contribution >= 4 is 28.8 Å². The van der Waals surface area contributed by atoms with Crippen LogP contribution >= 0.6 is 11.3 Å². The molecule has 3 aromatic rings. The van der Waals surface area contributed by atoms with E-state index in [1.165, 1.54) is 16.0 Å². The number of nitrogens with zero attached hydrogens (tertiary/aromatic N) is 1. The highest BCUT2D eigenvalue weighted by Crippen LogP contribution is 2.30. The van der Waals surface area contributed by atoms with E-state index < -0.39 is 11.8 Å². The lowest BCUT2D eigenvalue weighted by atomic mass is 9.98. The average Bonchev–Trinajstić information content (AvgIpc) is 3.30. The quantitative estimate of drug-likeness (QED) is 0.593. The third-order valence-electron chi connectivity index (χ3n) is 5.76. The highest BCUT2D eigenvalue weighted by atomic mass is 32.1. The summed E-state index contributed by atoms with van der Waals surface area (Å²) in [7, 11) is 0. The molecule has 2 amide bonds. The number of anilines is 1. The molecule has 1 aromatic heterocycles. The maximum absolute atomic E-state index is 12.5. The van der Waals surface area contributed by atoms with E-state index in [1.807, 2.05) is 38.1 Å². The van der Waals surface area contributed by atoms with Crippen LogP contribution in [-0.2, 0) is 22.6 Å². The Morgan fingerprint density at radius 3 is 2.58 bits per heavy atom. The molecule has 0 spiro atoms. The van der Waals surface area contributed by atoms with Gasteiger partial charge in [-0.05, 0) is 54.5 Å². The molecule has 0 fully saturated rings. The zero-order chi connectivity index (χ0) is 21.8. The minimum atomic E-state index is -0.638. The molecule has 31 heavy (non-hydrogen) atoms. The van der Waals surface area contributed by atoms with Crippen molar-refractivity contribution in [3.05, 3.63) is 87.1 Å². The summed E-state index contributed by atoms with van der Waals surface area (Å²) in [5, 5.41) is 7.63. The summed E-state index contributed by atoms with van der Waals surface area (Å²) in [6.07, 6.45) is 0.985. The molecule has 0 saturated carbocycles. The van der Waals surface area contributed by atoms with Crippen LogP contribution in [0, 0.1) is 13.8 Å². The summed E-state index contributed by atoms with van der Waals surface area (Å²) < 4.78 is 0. The highest BCUT2D eigenvalue weighted by Gasteiger charge is 2.27. The third-order valence-corrected chi connectivity index (χ3v) is 6.74. The molecule has 0 aliphatic carbocycles. The number of fused-ring (bicyclic) bond motifs is 1. The van der Waals surface area contributed by atoms with Crippen LogP contribution in [0.1, 0.15) is 33.2 Å². The lowest BCUT2D eigenvalue weighted by molar-refractivity contribution is -0.136. The van der Waals surface area contributed by atoms with E-state index in [-0.39, 0.29) is 6.04 Å². The van der Waals surface area contributed by atoms with Crippen LogP contribution in [0.5, 0.6) is 0 Å². The number of hydrogen-bond acceptors (Lipinski definition) is 4. The zero-order valence-electron chi connectivity index (χ0n) is 17.9. The fourth-order valence-corrected chi connectivity index (χ4v) is 4.94. The van der Waals surface area contributed by atoms with Crippen molar-refractivity contribution < 1.29 is 9.59 Å². The number of carbonyl (C=O) groups excluding carboxylic acids is 2. The maximum Gasteiger partial charge on any atom is 0.313 e. The Bertz CT molecular complexity index is 1080. The first-order valence-corrected chi connectivity index (χ1v) is 11.4. The van der Waals surface area contributed by atoms with E-state index in [0.717, 1.165) is 30.6 Å². The molecule has 0 radical (unpaired) electrons. The third kappa shape index (κ3) is 5.03. The molecular weight excluding hydrogens is 406 g/mol. The number of nitrogens with one attached hydrogen (secondary N) is 2. The summed E-state index contributed by atoms with van der Waals surface area (Å²) in [5.41, 5.74) is 5.43. The van der Waals surface area contributed by atoms with Gasteiger partial charge in [-0.25, -0.2) is 0 Å². The Morgan fingerprint density at radius 2 is 1.84 bits per heavy atom. The SMILES string of the molecule is Cc1ccc(NC(=O)C(=O)NCC(c2cccs2)N2CCc3ccccc3C2)c(C)c1. The van der Waals surface area contributed by atoms with Crippen molar-refractivity contribution in [3.63, 3.8) is 0 Å². The number of amides is 2. The second-order valence-corrected chi connectivity index (χ2v) is 8.98. The van der Waals surface area contributed by atoms with Gasteiger partial charge in [0, 0.05) is 30.2 Å². The Morgan fingerprint density at radius 1 is 1.03 bits per heavy atom. The average molecular weight is 434 g/mol. The van der Waals surface area contributed by atoms with Crippen LogP contribution in [0.3, 0.4) is 0 Å². The number of aryl methyl sites for hydroxylation is 2. The van der Waals surface area contributed by atoms with Crippen LogP contribution in [0.4, 0.5) is 5.69 Å². The largest absolute Gasteiger partial charge is 0.346 e. The number of thiophene rings is 1. The van der Waals surface area contributed by atoms with Gasteiger partial charge in [-0.1, -0.05) is 48.0 Å². The zero-order valence-corrected chi connectivity index (χ0v) is 18.7. The van der Waals surface area contributed by atoms with Gasteiger partial charge >= 0.3 is 11.8 Å². The van der Waals surface area contributed by atoms with E-state index in [2.05, 4.69) is 51.2 Å². The topological polar surface area (TPSA) is 61.4 Å². The molecular formula is C25H27N3O2S. The van der Waals surface area contributed by atoms with Gasteiger partial charge in [-0.15, -0.1) is 11.3 Å². The van der Waals surface area contributed by atoms with Crippen LogP contribution in [-0.4, -0.2) is 29.8 Å². The summed E-state index contributed by atoms with van der Waals surface area (Å²) in [4.78, 5) is 28.6. The number of benzene rings is 2. The van der Waals surface area contributed by atoms with E-state index in [0.29, 0.717) is 12.2 Å². The van der Waals surface area contributed by atoms with Crippen molar-refractivity contribution in [3.8, 4) is 0 Å². The molecule has 0 saturated heterocycles. The monoisotopic (exact) mass is 433 g/mol. The minimum absolute atomic E-state index is 0.0335. The number of hydrogen-bond donors (Lipinski definition) is 2. The van der Waals surface area contributed by atoms with Gasteiger partial charge in [-0.3, -0.25) is 14.5 Å². The predicted molar refractivity (Wildman–Crippen MR) is 125 cm³/mol. The Balaban J connectivity index is 1.42. The number of rotatable bonds is 5. The van der Waals surface area contributed by atoms with Gasteiger partial charge in [-0.2, -0.15) is 0 Å². The van der Waals surface area contributed by atoms with E-state index >= 15 is 0 Å². The van der Waals surface area contributed by atoms with Gasteiger partial charge in [0.1, 0.15) is 0 Å². The summed E-state index contributed by atoms with van der Waals surface area (Å²) >= 11 is 1.68. The van der Waals surface area contributed by atoms with Crippen LogP contribution in [0.25, 0.3) is 0 Å². The second kappa shape index (κ2) is 9.45. The molecule has 2 N–H and O–H groups in total. The molecule has 5 nitrogen and oxygen atoms in total. The Kier molecular flexibility index (Phi) is 6.49. The Hall–Kier alpha value is -2.96. The lowest BCUT2D eigenvalue weighted by Crippen LogP contribution is -2.43. The Labute approximate surface area is 187 Å². The van der Waals surface area contributed by atoms with Crippen LogP contribution < -0.4 is 10.6 Å². The molecule has 4 rings (SSSR count). The fourth-order valence-electron chi connectivity index (χ4n) is 4.08. The van der Waals surface area contributed by atoms with Gasteiger partial charge in [0.2, 0.25) is 0 Å². The molecule has 160 valence electrons. The molecule has 6 heteroatoms. The first kappa shape index (κ1) is 21.3. The maximum atomic E-state index is 12.5. The minimum Gasteiger partial charge on any atom is -0.346 e. The standard InChI is InChI=1S/C25H27N3O2S/c1-17-9-10-21(18(2)14-17)27-25(30)24(29)26-15-22(23-8-5-13-31-23)28-12-11-19-6-3-4-7-20(19)16-28/h3-10,13-14,22H,11-12,15-16H2,1-2H3,(H,26,29)(H,27,30). The second-order valence-electron chi connectivity index (χ2n) is 8.00. The summed E-state index contributed by atoms with van der Waals surface area (Å²) in [5.74, 6) is -1.25. The van der Waals surface area contributed by atoms with E-state index in [9.17, 15) is 9.59 Å². The smallest absolute Gasteiger partial charge is 0.313 e. The van der Waals surface area contributed by atoms with Gasteiger partial charge in [0.25, 0.3) is 0 Å². The first-order valence-electron chi connectivity index (χ1n) is 10.5. The first-order chi connectivity index (χ1) is 15.0. The summed E-state index contributed by atoms with van der Waals surface area (Å²) in [6.45, 7) is 6.06.